The van der Waals surface area contributed by atoms with E-state index in [9.17, 15) is 18.0 Å². The smallest absolute Gasteiger partial charge is 0.378 e. The molecule has 0 radical (unpaired) electrons. The van der Waals surface area contributed by atoms with E-state index in [4.69, 9.17) is 9.47 Å². The number of rotatable bonds is 6. The summed E-state index contributed by atoms with van der Waals surface area (Å²) in [6.07, 6.45) is -3.66. The summed E-state index contributed by atoms with van der Waals surface area (Å²) in [6, 6.07) is 0. The lowest BCUT2D eigenvalue weighted by atomic mass is 10.0. The molecule has 18 heavy (non-hydrogen) atoms. The van der Waals surface area contributed by atoms with Gasteiger partial charge >= 0.3 is 6.18 Å². The zero-order chi connectivity index (χ0) is 13.6. The molecule has 1 rings (SSSR count). The van der Waals surface area contributed by atoms with Gasteiger partial charge in [-0.15, -0.1) is 0 Å². The first-order valence-electron chi connectivity index (χ1n) is 5.54. The molecule has 1 amide bonds. The van der Waals surface area contributed by atoms with E-state index in [0.717, 1.165) is 0 Å². The van der Waals surface area contributed by atoms with E-state index in [2.05, 4.69) is 5.32 Å². The summed E-state index contributed by atoms with van der Waals surface area (Å²) in [6.45, 7) is -0.398. The van der Waals surface area contributed by atoms with Gasteiger partial charge in [-0.1, -0.05) is 0 Å². The van der Waals surface area contributed by atoms with Crippen LogP contribution in [0.15, 0.2) is 0 Å². The summed E-state index contributed by atoms with van der Waals surface area (Å²) in [5.74, 6) is -0.498. The third-order valence-electron chi connectivity index (χ3n) is 2.72. The molecule has 0 aromatic rings. The van der Waals surface area contributed by atoms with Gasteiger partial charge in [0.25, 0.3) is 0 Å². The molecule has 0 aromatic carbocycles. The van der Waals surface area contributed by atoms with Crippen molar-refractivity contribution in [3.05, 3.63) is 0 Å². The molecule has 1 atom stereocenters. The number of carbonyl (C=O) groups is 1. The maximum absolute atomic E-state index is 11.8. The quantitative estimate of drug-likeness (QED) is 0.716. The minimum absolute atomic E-state index is 0.232. The first kappa shape index (κ1) is 15.2. The standard InChI is InChI=1S/C10H17F3N2O3/c1-17-9(2-3-18-7-9)5-15-8(16)4-14-6-10(11,12)13/h14H,2-7H2,1H3,(H,15,16). The number of carbonyl (C=O) groups excluding carboxylic acids is 1. The van der Waals surface area contributed by atoms with Gasteiger partial charge in [-0.2, -0.15) is 13.2 Å². The Morgan fingerprint density at radius 2 is 2.22 bits per heavy atom. The molecular weight excluding hydrogens is 253 g/mol. The number of amides is 1. The fraction of sp³-hybridized carbons (Fsp3) is 0.900. The molecule has 0 saturated carbocycles. The normalized spacial score (nSPS) is 24.2. The Kier molecular flexibility index (Phi) is 5.36. The second-order valence-corrected chi connectivity index (χ2v) is 4.19. The summed E-state index contributed by atoms with van der Waals surface area (Å²) in [4.78, 5) is 11.3. The number of ether oxygens (including phenoxy) is 2. The van der Waals surface area contributed by atoms with E-state index in [1.54, 1.807) is 0 Å². The molecule has 1 heterocycles. The SMILES string of the molecule is COC1(CNC(=O)CNCC(F)(F)F)CCOC1. The molecule has 0 aliphatic carbocycles. The van der Waals surface area contributed by atoms with Crippen molar-refractivity contribution < 1.29 is 27.4 Å². The van der Waals surface area contributed by atoms with Crippen molar-refractivity contribution in [2.24, 2.45) is 0 Å². The Labute approximate surface area is 103 Å². The molecule has 0 spiro atoms. The van der Waals surface area contributed by atoms with Gasteiger partial charge in [-0.05, 0) is 0 Å². The predicted molar refractivity (Wildman–Crippen MR) is 57.1 cm³/mol. The highest BCUT2D eigenvalue weighted by Gasteiger charge is 2.35. The van der Waals surface area contributed by atoms with Crippen LogP contribution in [0, 0.1) is 0 Å². The molecule has 5 nitrogen and oxygen atoms in total. The summed E-state index contributed by atoms with van der Waals surface area (Å²) in [5.41, 5.74) is -0.556. The van der Waals surface area contributed by atoms with Gasteiger partial charge in [0.05, 0.1) is 19.7 Å². The van der Waals surface area contributed by atoms with Crippen LogP contribution in [0.5, 0.6) is 0 Å². The lowest BCUT2D eigenvalue weighted by Gasteiger charge is -2.25. The van der Waals surface area contributed by atoms with Crippen LogP contribution in [-0.4, -0.2) is 57.6 Å². The third-order valence-corrected chi connectivity index (χ3v) is 2.72. The average molecular weight is 270 g/mol. The third kappa shape index (κ3) is 5.19. The number of alkyl halides is 3. The van der Waals surface area contributed by atoms with Crippen LogP contribution in [0.2, 0.25) is 0 Å². The molecule has 0 aromatic heterocycles. The lowest BCUT2D eigenvalue weighted by Crippen LogP contribution is -2.47. The summed E-state index contributed by atoms with van der Waals surface area (Å²) < 4.78 is 45.9. The zero-order valence-electron chi connectivity index (χ0n) is 10.1. The van der Waals surface area contributed by atoms with E-state index in [1.165, 1.54) is 7.11 Å². The van der Waals surface area contributed by atoms with Gasteiger partial charge < -0.3 is 20.1 Å². The largest absolute Gasteiger partial charge is 0.401 e. The van der Waals surface area contributed by atoms with Gasteiger partial charge in [-0.3, -0.25) is 4.79 Å². The number of nitrogens with one attached hydrogen (secondary N) is 2. The molecule has 0 bridgehead atoms. The fourth-order valence-corrected chi connectivity index (χ4v) is 1.60. The number of hydrogen-bond donors (Lipinski definition) is 2. The minimum atomic E-state index is -4.31. The highest BCUT2D eigenvalue weighted by molar-refractivity contribution is 5.78. The van der Waals surface area contributed by atoms with Gasteiger partial charge in [0.1, 0.15) is 5.60 Å². The van der Waals surface area contributed by atoms with Crippen LogP contribution in [0.3, 0.4) is 0 Å². The van der Waals surface area contributed by atoms with Crippen molar-refractivity contribution in [3.63, 3.8) is 0 Å². The van der Waals surface area contributed by atoms with E-state index >= 15 is 0 Å². The van der Waals surface area contributed by atoms with Crippen LogP contribution in [0.25, 0.3) is 0 Å². The maximum Gasteiger partial charge on any atom is 0.401 e. The first-order valence-corrected chi connectivity index (χ1v) is 5.54. The van der Waals surface area contributed by atoms with Crippen molar-refractivity contribution in [3.8, 4) is 0 Å². The summed E-state index contributed by atoms with van der Waals surface area (Å²) in [7, 11) is 1.52. The van der Waals surface area contributed by atoms with Crippen LogP contribution in [0.4, 0.5) is 13.2 Å². The number of methoxy groups -OCH3 is 1. The minimum Gasteiger partial charge on any atom is -0.378 e. The van der Waals surface area contributed by atoms with Gasteiger partial charge in [0.2, 0.25) is 5.91 Å². The first-order chi connectivity index (χ1) is 8.37. The van der Waals surface area contributed by atoms with E-state index in [1.807, 2.05) is 5.32 Å². The zero-order valence-corrected chi connectivity index (χ0v) is 10.1. The number of hydrogen-bond acceptors (Lipinski definition) is 4. The lowest BCUT2D eigenvalue weighted by molar-refractivity contribution is -0.129. The average Bonchev–Trinajstić information content (AvgIpc) is 2.74. The molecular formula is C10H17F3N2O3. The molecule has 1 fully saturated rings. The topological polar surface area (TPSA) is 59.6 Å². The maximum atomic E-state index is 11.8. The molecule has 2 N–H and O–H groups in total. The Hall–Kier alpha value is -0.860. The van der Waals surface area contributed by atoms with Gasteiger partial charge in [-0.25, -0.2) is 0 Å². The van der Waals surface area contributed by atoms with E-state index in [-0.39, 0.29) is 13.1 Å². The van der Waals surface area contributed by atoms with E-state index in [0.29, 0.717) is 19.6 Å². The van der Waals surface area contributed by atoms with Crippen molar-refractivity contribution in [1.29, 1.82) is 0 Å². The molecule has 8 heteroatoms. The van der Waals surface area contributed by atoms with Crippen molar-refractivity contribution in [2.75, 3.05) is 40.0 Å². The van der Waals surface area contributed by atoms with Crippen LogP contribution < -0.4 is 10.6 Å². The Morgan fingerprint density at radius 1 is 1.50 bits per heavy atom. The summed E-state index contributed by atoms with van der Waals surface area (Å²) in [5, 5.41) is 4.55. The van der Waals surface area contributed by atoms with Gasteiger partial charge in [0.15, 0.2) is 0 Å². The van der Waals surface area contributed by atoms with Crippen molar-refractivity contribution in [2.45, 2.75) is 18.2 Å². The Balaban J connectivity index is 2.20. The van der Waals surface area contributed by atoms with Gasteiger partial charge in [0, 0.05) is 26.7 Å². The van der Waals surface area contributed by atoms with Crippen LogP contribution in [0.1, 0.15) is 6.42 Å². The van der Waals surface area contributed by atoms with Crippen LogP contribution >= 0.6 is 0 Å². The monoisotopic (exact) mass is 270 g/mol. The Bertz CT molecular complexity index is 278. The van der Waals surface area contributed by atoms with Crippen molar-refractivity contribution >= 4 is 5.91 Å². The highest BCUT2D eigenvalue weighted by Crippen LogP contribution is 2.21. The van der Waals surface area contributed by atoms with Crippen molar-refractivity contribution in [1.82, 2.24) is 10.6 Å². The molecule has 106 valence electrons. The fourth-order valence-electron chi connectivity index (χ4n) is 1.60. The summed E-state index contributed by atoms with van der Waals surface area (Å²) >= 11 is 0. The second kappa shape index (κ2) is 6.35. The second-order valence-electron chi connectivity index (χ2n) is 4.19. The highest BCUT2D eigenvalue weighted by atomic mass is 19.4. The molecule has 1 unspecified atom stereocenters. The van der Waals surface area contributed by atoms with Crippen LogP contribution in [-0.2, 0) is 14.3 Å². The Morgan fingerprint density at radius 3 is 2.72 bits per heavy atom. The molecule has 1 aliphatic heterocycles. The molecule has 1 saturated heterocycles. The van der Waals surface area contributed by atoms with E-state index < -0.39 is 24.2 Å². The number of halogens is 3. The molecule has 1 aliphatic rings. The predicted octanol–water partition coefficient (Wildman–Crippen LogP) is 0.0600.